The Morgan fingerprint density at radius 1 is 0.917 bits per heavy atom. The van der Waals surface area contributed by atoms with E-state index in [0.29, 0.717) is 53.8 Å². The van der Waals surface area contributed by atoms with Crippen LogP contribution in [0, 0.1) is 12.8 Å². The van der Waals surface area contributed by atoms with Crippen LogP contribution in [0.5, 0.6) is 11.5 Å². The molecule has 0 saturated carbocycles. The highest BCUT2D eigenvalue weighted by Gasteiger charge is 2.25. The van der Waals surface area contributed by atoms with Crippen LogP contribution in [0.2, 0.25) is 0 Å². The van der Waals surface area contributed by atoms with Gasteiger partial charge in [-0.05, 0) is 74.4 Å². The van der Waals surface area contributed by atoms with E-state index in [-0.39, 0.29) is 16.6 Å². The molecular formula is C38H39NO8S. The average Bonchev–Trinajstić information content (AvgIpc) is 3.24. The smallest absolute Gasteiger partial charge is 0.328 e. The normalized spacial score (nSPS) is 17.0. The van der Waals surface area contributed by atoms with E-state index < -0.39 is 11.9 Å². The number of ether oxygens (including phenoxy) is 1. The zero-order chi connectivity index (χ0) is 34.4. The molecule has 3 aromatic carbocycles. The molecule has 0 spiro atoms. The van der Waals surface area contributed by atoms with Gasteiger partial charge in [-0.1, -0.05) is 60.7 Å². The van der Waals surface area contributed by atoms with Gasteiger partial charge >= 0.3 is 11.9 Å². The molecule has 0 aliphatic carbocycles. The van der Waals surface area contributed by atoms with Gasteiger partial charge < -0.3 is 29.4 Å². The van der Waals surface area contributed by atoms with Gasteiger partial charge in [0, 0.05) is 52.7 Å². The third-order valence-electron chi connectivity index (χ3n) is 8.44. The summed E-state index contributed by atoms with van der Waals surface area (Å²) in [6.07, 6.45) is 5.15. The number of phenolic OH excluding ortho intramolecular Hbond substituents is 1. The van der Waals surface area contributed by atoms with Crippen molar-refractivity contribution in [3.63, 3.8) is 0 Å². The first-order chi connectivity index (χ1) is 23.0. The number of carboxylic acid groups (broad SMARTS) is 2. The van der Waals surface area contributed by atoms with Gasteiger partial charge in [-0.3, -0.25) is 4.79 Å². The van der Waals surface area contributed by atoms with E-state index in [0.717, 1.165) is 6.42 Å². The van der Waals surface area contributed by atoms with Crippen LogP contribution in [0.1, 0.15) is 48.6 Å². The highest BCUT2D eigenvalue weighted by molar-refractivity contribution is 7.99. The second-order valence-corrected chi connectivity index (χ2v) is 13.2. The molecule has 48 heavy (non-hydrogen) atoms. The summed E-state index contributed by atoms with van der Waals surface area (Å²) in [7, 11) is 2.22. The molecule has 1 unspecified atom stereocenters. The van der Waals surface area contributed by atoms with E-state index in [2.05, 4.69) is 67.4 Å². The first-order valence-corrected chi connectivity index (χ1v) is 16.7. The molecule has 3 N–H and O–H groups in total. The van der Waals surface area contributed by atoms with Crippen molar-refractivity contribution in [3.8, 4) is 11.5 Å². The molecule has 10 heteroatoms. The minimum Gasteiger partial charge on any atom is -0.507 e. The average molecular weight is 670 g/mol. The van der Waals surface area contributed by atoms with Gasteiger partial charge in [0.1, 0.15) is 28.2 Å². The lowest BCUT2D eigenvalue weighted by molar-refractivity contribution is -0.134. The monoisotopic (exact) mass is 669 g/mol. The summed E-state index contributed by atoms with van der Waals surface area (Å²) >= 11 is 1.91. The fourth-order valence-corrected chi connectivity index (χ4v) is 7.06. The van der Waals surface area contributed by atoms with Crippen LogP contribution in [0.4, 0.5) is 0 Å². The minimum absolute atomic E-state index is 0.00958. The highest BCUT2D eigenvalue weighted by atomic mass is 32.2. The molecule has 0 bridgehead atoms. The number of piperidine rings is 1. The van der Waals surface area contributed by atoms with Crippen molar-refractivity contribution in [3.05, 3.63) is 111 Å². The quantitative estimate of drug-likeness (QED) is 0.166. The summed E-state index contributed by atoms with van der Waals surface area (Å²) in [5.41, 5.74) is 6.89. The number of phenols is 1. The summed E-state index contributed by atoms with van der Waals surface area (Å²) in [6.45, 7) is 6.79. The van der Waals surface area contributed by atoms with Crippen molar-refractivity contribution >= 4 is 40.2 Å². The van der Waals surface area contributed by atoms with Crippen LogP contribution >= 0.6 is 11.8 Å². The van der Waals surface area contributed by atoms with E-state index in [9.17, 15) is 19.5 Å². The summed E-state index contributed by atoms with van der Waals surface area (Å²) in [4.78, 5) is 36.3. The van der Waals surface area contributed by atoms with E-state index in [1.807, 2.05) is 11.8 Å². The first kappa shape index (κ1) is 34.5. The Morgan fingerprint density at radius 2 is 1.50 bits per heavy atom. The third kappa shape index (κ3) is 8.18. The molecule has 1 atom stereocenters. The number of carbonyl (C=O) groups is 2. The van der Waals surface area contributed by atoms with Crippen LogP contribution in [-0.4, -0.2) is 58.9 Å². The summed E-state index contributed by atoms with van der Waals surface area (Å²) in [6, 6.07) is 20.8. The van der Waals surface area contributed by atoms with E-state index >= 15 is 0 Å². The largest absolute Gasteiger partial charge is 0.507 e. The Labute approximate surface area is 283 Å². The maximum Gasteiger partial charge on any atom is 0.328 e. The number of benzene rings is 3. The molecule has 250 valence electrons. The van der Waals surface area contributed by atoms with E-state index in [1.54, 1.807) is 18.6 Å². The van der Waals surface area contributed by atoms with Crippen molar-refractivity contribution in [2.24, 2.45) is 5.92 Å². The molecule has 1 fully saturated rings. The van der Waals surface area contributed by atoms with Crippen LogP contribution in [-0.2, 0) is 16.0 Å². The molecule has 0 amide bonds. The Bertz CT molecular complexity index is 1890. The molecule has 1 aromatic heterocycles. The summed E-state index contributed by atoms with van der Waals surface area (Å²) in [5.74, 6) is -0.919. The van der Waals surface area contributed by atoms with Crippen molar-refractivity contribution in [1.29, 1.82) is 0 Å². The number of rotatable bonds is 2. The number of aliphatic carboxylic acids is 2. The van der Waals surface area contributed by atoms with Crippen LogP contribution in [0.25, 0.3) is 16.5 Å². The Kier molecular flexibility index (Phi) is 11.1. The highest BCUT2D eigenvalue weighted by Crippen LogP contribution is 2.47. The van der Waals surface area contributed by atoms with E-state index in [1.165, 1.54) is 58.5 Å². The number of nitrogens with zero attached hydrogens (tertiary/aromatic N) is 1. The maximum atomic E-state index is 12.0. The van der Waals surface area contributed by atoms with Crippen molar-refractivity contribution in [2.45, 2.75) is 49.3 Å². The number of fused-ring (bicyclic) bond motifs is 4. The predicted molar refractivity (Wildman–Crippen MR) is 186 cm³/mol. The standard InChI is InChI=1S/C19H19NS.C15H16O4.C4H4O4/c1-20-12-10-14(11-13-20)19-15-6-2-4-8-17(15)21-18-9-5-3-7-16(18)19;1-8-3-4-10-12(18-7-8)6-13-14(15(10)17)11(16)5-9(2)19-13;5-3(6)1-2-4(7)8/h2-9H,10-13H2,1H3;5-6,8,17H,3-4,7H2,1-2H3;1-2H,(H,5,6)(H,7,8). The fraction of sp³-hybridized carbons (Fsp3) is 0.289. The summed E-state index contributed by atoms with van der Waals surface area (Å²) in [5, 5.41) is 26.2. The fourth-order valence-electron chi connectivity index (χ4n) is 5.97. The molecule has 3 aliphatic rings. The van der Waals surface area contributed by atoms with Crippen molar-refractivity contribution < 1.29 is 34.1 Å². The Balaban J connectivity index is 0.000000155. The van der Waals surface area contributed by atoms with Gasteiger partial charge in [0.15, 0.2) is 5.43 Å². The van der Waals surface area contributed by atoms with Crippen molar-refractivity contribution in [2.75, 3.05) is 26.7 Å². The topological polar surface area (TPSA) is 138 Å². The van der Waals surface area contributed by atoms with E-state index in [4.69, 9.17) is 19.4 Å². The lowest BCUT2D eigenvalue weighted by Gasteiger charge is -2.30. The molecular weight excluding hydrogens is 630 g/mol. The summed E-state index contributed by atoms with van der Waals surface area (Å²) < 4.78 is 11.2. The van der Waals surface area contributed by atoms with Gasteiger partial charge in [-0.2, -0.15) is 0 Å². The lowest BCUT2D eigenvalue weighted by atomic mass is 9.88. The maximum absolute atomic E-state index is 12.0. The SMILES string of the molecule is CN1CCC(=C2c3ccccc3Sc3ccccc32)CC1.Cc1cc(=O)c2c(O)c3c(cc2o1)OCC(C)CC3.O=C(O)C=CC(=O)O. The van der Waals surface area contributed by atoms with Gasteiger partial charge in [-0.15, -0.1) is 0 Å². The number of carboxylic acids is 2. The van der Waals surface area contributed by atoms with Crippen LogP contribution in [0.3, 0.4) is 0 Å². The number of likely N-dealkylation sites (tertiary alicyclic amines) is 1. The molecule has 0 radical (unpaired) electrons. The third-order valence-corrected chi connectivity index (χ3v) is 9.59. The molecule has 1 saturated heterocycles. The molecule has 9 nitrogen and oxygen atoms in total. The zero-order valence-corrected chi connectivity index (χ0v) is 28.0. The lowest BCUT2D eigenvalue weighted by Crippen LogP contribution is -2.27. The second-order valence-electron chi connectivity index (χ2n) is 12.1. The van der Waals surface area contributed by atoms with Gasteiger partial charge in [0.25, 0.3) is 0 Å². The Morgan fingerprint density at radius 3 is 2.08 bits per heavy atom. The molecule has 4 heterocycles. The van der Waals surface area contributed by atoms with Crippen molar-refractivity contribution in [1.82, 2.24) is 4.90 Å². The minimum atomic E-state index is -1.26. The molecule has 4 aromatic rings. The van der Waals surface area contributed by atoms with Gasteiger partial charge in [-0.25, -0.2) is 9.59 Å². The number of hydrogen-bond donors (Lipinski definition) is 3. The molecule has 3 aliphatic heterocycles. The van der Waals surface area contributed by atoms with Crippen LogP contribution in [0.15, 0.2) is 97.4 Å². The first-order valence-electron chi connectivity index (χ1n) is 15.8. The van der Waals surface area contributed by atoms with Gasteiger partial charge in [0.05, 0.1) is 6.61 Å². The second kappa shape index (κ2) is 15.4. The zero-order valence-electron chi connectivity index (χ0n) is 27.2. The predicted octanol–water partition coefficient (Wildman–Crippen LogP) is 7.16. The number of aromatic hydroxyl groups is 1. The van der Waals surface area contributed by atoms with Crippen LogP contribution < -0.4 is 10.2 Å². The number of hydrogen-bond acceptors (Lipinski definition) is 8. The van der Waals surface area contributed by atoms with Gasteiger partial charge in [0.2, 0.25) is 0 Å². The Hall–Kier alpha value is -4.80. The molecule has 7 rings (SSSR count). The number of aryl methyl sites for hydroxylation is 1.